The zero-order chi connectivity index (χ0) is 26.8. The van der Waals surface area contributed by atoms with E-state index in [1.807, 2.05) is 4.72 Å². The van der Waals surface area contributed by atoms with Crippen LogP contribution in [-0.4, -0.2) is 31.2 Å². The van der Waals surface area contributed by atoms with E-state index >= 15 is 0 Å². The molecule has 1 heterocycles. The summed E-state index contributed by atoms with van der Waals surface area (Å²) >= 11 is 11.5. The maximum absolute atomic E-state index is 13.2. The Bertz CT molecular complexity index is 1450. The van der Waals surface area contributed by atoms with Crippen LogP contribution in [0.1, 0.15) is 33.4 Å². The number of benzene rings is 2. The highest BCUT2D eigenvalue weighted by Gasteiger charge is 2.35. The van der Waals surface area contributed by atoms with E-state index in [1.165, 1.54) is 18.2 Å². The summed E-state index contributed by atoms with van der Waals surface area (Å²) < 4.78 is 72.7. The van der Waals surface area contributed by atoms with Gasteiger partial charge in [-0.05, 0) is 30.3 Å². The first-order valence-electron chi connectivity index (χ1n) is 9.61. The molecule has 0 fully saturated rings. The van der Waals surface area contributed by atoms with Gasteiger partial charge in [0.1, 0.15) is 17.5 Å². The van der Waals surface area contributed by atoms with Crippen molar-refractivity contribution in [3.8, 4) is 0 Å². The van der Waals surface area contributed by atoms with E-state index in [-0.39, 0.29) is 16.1 Å². The second kappa shape index (κ2) is 10.5. The second-order valence-electron chi connectivity index (χ2n) is 7.07. The van der Waals surface area contributed by atoms with Gasteiger partial charge in [-0.25, -0.2) is 8.42 Å². The maximum atomic E-state index is 13.2. The summed E-state index contributed by atoms with van der Waals surface area (Å²) in [5, 5.41) is 10.6. The molecule has 0 saturated carbocycles. The highest BCUT2D eigenvalue weighted by atomic mass is 35.5. The third-order valence-corrected chi connectivity index (χ3v) is 6.71. The molecule has 15 heteroatoms. The molecule has 36 heavy (non-hydrogen) atoms. The Morgan fingerprint density at radius 3 is 2.44 bits per heavy atom. The summed E-state index contributed by atoms with van der Waals surface area (Å²) in [6.45, 7) is 0. The van der Waals surface area contributed by atoms with E-state index in [1.54, 1.807) is 0 Å². The van der Waals surface area contributed by atoms with E-state index in [0.29, 0.717) is 6.07 Å². The van der Waals surface area contributed by atoms with Gasteiger partial charge in [0.15, 0.2) is 0 Å². The molecular weight excluding hydrogens is 550 g/mol. The molecule has 1 aromatic heterocycles. The fourth-order valence-corrected chi connectivity index (χ4v) is 4.69. The third kappa shape index (κ3) is 5.82. The van der Waals surface area contributed by atoms with Gasteiger partial charge in [0.2, 0.25) is 15.8 Å². The molecule has 3 rings (SSSR count). The average molecular weight is 564 g/mol. The number of methoxy groups -OCH3 is 1. The monoisotopic (exact) mass is 563 g/mol. The van der Waals surface area contributed by atoms with Crippen LogP contribution >= 0.6 is 23.2 Å². The zero-order valence-electron chi connectivity index (χ0n) is 17.9. The van der Waals surface area contributed by atoms with Crippen LogP contribution in [0.15, 0.2) is 59.6 Å². The van der Waals surface area contributed by atoms with E-state index < -0.39 is 60.0 Å². The van der Waals surface area contributed by atoms with Crippen molar-refractivity contribution in [1.29, 1.82) is 0 Å². The Kier molecular flexibility index (Phi) is 8.00. The van der Waals surface area contributed by atoms with Gasteiger partial charge in [0, 0.05) is 24.9 Å². The Morgan fingerprint density at radius 2 is 1.83 bits per heavy atom. The second-order valence-corrected chi connectivity index (χ2v) is 9.63. The molecule has 0 radical (unpaired) electrons. The highest BCUT2D eigenvalue weighted by Crippen LogP contribution is 2.36. The predicted octanol–water partition coefficient (Wildman–Crippen LogP) is 5.17. The van der Waals surface area contributed by atoms with Gasteiger partial charge in [-0.1, -0.05) is 35.3 Å². The van der Waals surface area contributed by atoms with Crippen molar-refractivity contribution in [1.82, 2.24) is 9.71 Å². The van der Waals surface area contributed by atoms with Crippen LogP contribution in [0.2, 0.25) is 10.0 Å². The Labute approximate surface area is 212 Å². The number of ketones is 1. The molecule has 1 atom stereocenters. The number of rotatable bonds is 8. The lowest BCUT2D eigenvalue weighted by molar-refractivity contribution is -0.385. The molecule has 0 spiro atoms. The quantitative estimate of drug-likeness (QED) is 0.173. The molecule has 0 saturated heterocycles. The number of hydrogen-bond donors (Lipinski definition) is 1. The van der Waals surface area contributed by atoms with Gasteiger partial charge in [0.05, 0.1) is 25.4 Å². The molecule has 9 nitrogen and oxygen atoms in total. The number of aromatic nitrogens is 1. The van der Waals surface area contributed by atoms with E-state index in [4.69, 9.17) is 27.9 Å². The number of ether oxygens (including phenoxy) is 1. The minimum Gasteiger partial charge on any atom is -0.361 e. The summed E-state index contributed by atoms with van der Waals surface area (Å²) in [7, 11) is -3.63. The number of carbonyl (C=O) groups excluding carboxylic acids is 1. The molecular formula is C21H14Cl2F3N3O6S. The summed E-state index contributed by atoms with van der Waals surface area (Å²) in [4.78, 5) is 26.9. The molecule has 1 unspecified atom stereocenters. The lowest BCUT2D eigenvalue weighted by Gasteiger charge is -2.20. The van der Waals surface area contributed by atoms with Gasteiger partial charge in [0.25, 0.3) is 5.69 Å². The van der Waals surface area contributed by atoms with E-state index in [0.717, 1.165) is 37.6 Å². The smallest absolute Gasteiger partial charge is 0.361 e. The van der Waals surface area contributed by atoms with E-state index in [9.17, 15) is 36.5 Å². The molecule has 0 aliphatic carbocycles. The fraction of sp³-hybridized carbons (Fsp3) is 0.143. The number of nitrogens with one attached hydrogen (secondary N) is 1. The van der Waals surface area contributed by atoms with Crippen LogP contribution in [0.5, 0.6) is 0 Å². The van der Waals surface area contributed by atoms with Crippen LogP contribution in [0.3, 0.4) is 0 Å². The maximum Gasteiger partial charge on any atom is 0.417 e. The van der Waals surface area contributed by atoms with Crippen molar-refractivity contribution in [3.05, 3.63) is 97.3 Å². The predicted molar refractivity (Wildman–Crippen MR) is 122 cm³/mol. The van der Waals surface area contributed by atoms with Crippen LogP contribution in [-0.2, 0) is 20.9 Å². The summed E-state index contributed by atoms with van der Waals surface area (Å²) in [6.07, 6.45) is -5.54. The molecule has 1 N–H and O–H groups in total. The Balaban J connectivity index is 2.07. The normalized spacial score (nSPS) is 12.8. The van der Waals surface area contributed by atoms with Crippen molar-refractivity contribution < 1.29 is 36.0 Å². The summed E-state index contributed by atoms with van der Waals surface area (Å²) in [5.74, 6) is -0.943. The average Bonchev–Trinajstić information content (AvgIpc) is 2.81. The van der Waals surface area contributed by atoms with Crippen LogP contribution in [0, 0.1) is 10.1 Å². The lowest BCUT2D eigenvalue weighted by Crippen LogP contribution is -2.31. The van der Waals surface area contributed by atoms with Gasteiger partial charge in [-0.2, -0.15) is 17.9 Å². The molecule has 190 valence electrons. The van der Waals surface area contributed by atoms with Crippen molar-refractivity contribution >= 4 is 44.7 Å². The highest BCUT2D eigenvalue weighted by molar-refractivity contribution is 7.89. The number of alkyl halides is 3. The number of pyridine rings is 1. The van der Waals surface area contributed by atoms with Gasteiger partial charge >= 0.3 is 6.18 Å². The summed E-state index contributed by atoms with van der Waals surface area (Å²) in [6, 6.07) is 8.09. The first kappa shape index (κ1) is 27.5. The van der Waals surface area contributed by atoms with Gasteiger partial charge in [-0.15, -0.1) is 0 Å². The number of hydrogen-bond acceptors (Lipinski definition) is 7. The number of nitrogens with zero attached hydrogens (tertiary/aromatic N) is 2. The van der Waals surface area contributed by atoms with Crippen molar-refractivity contribution in [2.24, 2.45) is 0 Å². The molecule has 0 amide bonds. The number of nitro groups is 1. The SMILES string of the molecule is COC(NS(=O)(=O)c1ccc(Cl)c(C(F)(F)F)c1)c1cc(Cl)cnc1C(=O)c1ccccc1[N+](=O)[O-]. The first-order chi connectivity index (χ1) is 16.8. The third-order valence-electron chi connectivity index (χ3n) is 4.78. The number of para-hydroxylation sites is 1. The fourth-order valence-electron chi connectivity index (χ4n) is 3.13. The number of halogens is 5. The molecule has 3 aromatic rings. The first-order valence-corrected chi connectivity index (χ1v) is 11.9. The topological polar surface area (TPSA) is 128 Å². The molecule has 0 aliphatic heterocycles. The zero-order valence-corrected chi connectivity index (χ0v) is 20.2. The Hall–Kier alpha value is -3.10. The molecule has 0 bridgehead atoms. The Morgan fingerprint density at radius 1 is 1.17 bits per heavy atom. The molecule has 0 aliphatic rings. The summed E-state index contributed by atoms with van der Waals surface area (Å²) in [5.41, 5.74) is -2.92. The van der Waals surface area contributed by atoms with Gasteiger partial charge in [-0.3, -0.25) is 19.9 Å². The van der Waals surface area contributed by atoms with Crippen molar-refractivity contribution in [2.45, 2.75) is 17.3 Å². The molecule has 2 aromatic carbocycles. The van der Waals surface area contributed by atoms with E-state index in [2.05, 4.69) is 4.98 Å². The van der Waals surface area contributed by atoms with Crippen molar-refractivity contribution in [2.75, 3.05) is 7.11 Å². The van der Waals surface area contributed by atoms with Crippen LogP contribution < -0.4 is 4.72 Å². The van der Waals surface area contributed by atoms with Crippen LogP contribution in [0.4, 0.5) is 18.9 Å². The minimum atomic E-state index is -4.93. The largest absolute Gasteiger partial charge is 0.417 e. The van der Waals surface area contributed by atoms with Crippen LogP contribution in [0.25, 0.3) is 0 Å². The number of sulfonamides is 1. The number of nitro benzene ring substituents is 1. The minimum absolute atomic E-state index is 0.0452. The van der Waals surface area contributed by atoms with Crippen molar-refractivity contribution in [3.63, 3.8) is 0 Å². The lowest BCUT2D eigenvalue weighted by atomic mass is 10.0. The standard InChI is InChI=1S/C21H14Cl2F3N3O6S/c1-35-20(28-36(33,34)12-6-7-16(23)15(9-12)21(24,25)26)14-8-11(22)10-27-18(14)19(30)13-4-2-3-5-17(13)29(31)32/h2-10,20,28H,1H3. The van der Waals surface area contributed by atoms with Gasteiger partial charge < -0.3 is 4.74 Å². The number of carbonyl (C=O) groups is 1.